The Hall–Kier alpha value is -3.31. The largest absolute Gasteiger partial charge is 0.423 e. The molecule has 0 saturated heterocycles. The van der Waals surface area contributed by atoms with Gasteiger partial charge in [-0.25, -0.2) is 8.42 Å². The van der Waals surface area contributed by atoms with E-state index in [0.717, 1.165) is 10.6 Å². The molecule has 158 valence electrons. The number of hydrogen-bond acceptors (Lipinski definition) is 7. The summed E-state index contributed by atoms with van der Waals surface area (Å²) < 4.78 is 32.8. The topological polar surface area (TPSA) is 127 Å². The lowest BCUT2D eigenvalue weighted by molar-refractivity contribution is -0.116. The molecule has 2 aromatic heterocycles. The van der Waals surface area contributed by atoms with Gasteiger partial charge in [-0.1, -0.05) is 19.9 Å². The summed E-state index contributed by atoms with van der Waals surface area (Å²) in [7, 11) is -3.75. The molecule has 0 aliphatic heterocycles. The van der Waals surface area contributed by atoms with Gasteiger partial charge in [0.05, 0.1) is 4.90 Å². The molecule has 1 amide bonds. The number of hydrogen-bond donors (Lipinski definition) is 1. The zero-order valence-corrected chi connectivity index (χ0v) is 17.3. The van der Waals surface area contributed by atoms with Gasteiger partial charge in [0.15, 0.2) is 0 Å². The van der Waals surface area contributed by atoms with E-state index < -0.39 is 21.5 Å². The zero-order valence-electron chi connectivity index (χ0n) is 16.5. The van der Waals surface area contributed by atoms with Crippen molar-refractivity contribution >= 4 is 21.6 Å². The third-order valence-corrected chi connectivity index (χ3v) is 6.40. The number of pyridine rings is 1. The minimum Gasteiger partial charge on any atom is -0.423 e. The van der Waals surface area contributed by atoms with Crippen molar-refractivity contribution in [1.29, 1.82) is 0 Å². The van der Waals surface area contributed by atoms with Crippen LogP contribution >= 0.6 is 0 Å². The van der Waals surface area contributed by atoms with Gasteiger partial charge in [0, 0.05) is 36.6 Å². The summed E-state index contributed by atoms with van der Waals surface area (Å²) in [4.78, 5) is 24.6. The zero-order chi connectivity index (χ0) is 21.7. The van der Waals surface area contributed by atoms with Crippen molar-refractivity contribution in [2.75, 3.05) is 18.4 Å². The molecule has 0 fully saturated rings. The Balaban J connectivity index is 1.79. The highest BCUT2D eigenvalue weighted by Gasteiger charge is 2.22. The maximum atomic E-state index is 12.7. The first-order chi connectivity index (χ1) is 14.3. The van der Waals surface area contributed by atoms with Crippen molar-refractivity contribution in [3.8, 4) is 11.5 Å². The molecule has 0 saturated carbocycles. The van der Waals surface area contributed by atoms with Gasteiger partial charge in [-0.2, -0.15) is 4.31 Å². The van der Waals surface area contributed by atoms with Gasteiger partial charge in [-0.3, -0.25) is 9.59 Å². The molecular formula is C19H21N5O5S. The highest BCUT2D eigenvalue weighted by molar-refractivity contribution is 7.89. The molecule has 0 radical (unpaired) electrons. The minimum absolute atomic E-state index is 0.0445. The molecule has 0 aliphatic carbocycles. The Kier molecular flexibility index (Phi) is 6.43. The molecule has 11 heteroatoms. The molecule has 0 bridgehead atoms. The number of carbonyl (C=O) groups excluding carboxylic acids is 1. The first-order valence-electron chi connectivity index (χ1n) is 9.22. The lowest BCUT2D eigenvalue weighted by Crippen LogP contribution is -2.33. The van der Waals surface area contributed by atoms with E-state index in [4.69, 9.17) is 4.42 Å². The van der Waals surface area contributed by atoms with Crippen LogP contribution in [0.15, 0.2) is 63.1 Å². The summed E-state index contributed by atoms with van der Waals surface area (Å²) in [5.74, 6) is -0.186. The SMILES string of the molecule is CCN(CC)S(=O)(=O)c1ccc(=O)n(CC(=O)Nc2cccc(-c3nnco3)c2)c1. The lowest BCUT2D eigenvalue weighted by atomic mass is 10.2. The Morgan fingerprint density at radius 1 is 1.20 bits per heavy atom. The summed E-state index contributed by atoms with van der Waals surface area (Å²) in [5, 5.41) is 10.1. The Bertz CT molecular complexity index is 1180. The number of amides is 1. The van der Waals surface area contributed by atoms with E-state index in [1.54, 1.807) is 38.1 Å². The monoisotopic (exact) mass is 431 g/mol. The Labute approximate surface area is 173 Å². The van der Waals surface area contributed by atoms with E-state index in [1.807, 2.05) is 0 Å². The second-order valence-electron chi connectivity index (χ2n) is 6.29. The lowest BCUT2D eigenvalue weighted by Gasteiger charge is -2.19. The van der Waals surface area contributed by atoms with E-state index >= 15 is 0 Å². The highest BCUT2D eigenvalue weighted by atomic mass is 32.2. The molecule has 1 N–H and O–H groups in total. The van der Waals surface area contributed by atoms with Crippen LogP contribution in [0.4, 0.5) is 5.69 Å². The maximum Gasteiger partial charge on any atom is 0.251 e. The number of aromatic nitrogens is 3. The third-order valence-electron chi connectivity index (χ3n) is 4.37. The van der Waals surface area contributed by atoms with E-state index in [2.05, 4.69) is 15.5 Å². The third kappa shape index (κ3) is 4.63. The molecule has 0 aliphatic rings. The maximum absolute atomic E-state index is 12.7. The Morgan fingerprint density at radius 2 is 1.97 bits per heavy atom. The smallest absolute Gasteiger partial charge is 0.251 e. The van der Waals surface area contributed by atoms with Crippen molar-refractivity contribution in [3.63, 3.8) is 0 Å². The quantitative estimate of drug-likeness (QED) is 0.573. The van der Waals surface area contributed by atoms with Crippen molar-refractivity contribution in [1.82, 2.24) is 19.1 Å². The summed E-state index contributed by atoms with van der Waals surface area (Å²) in [5.41, 5.74) is 0.605. The fourth-order valence-corrected chi connectivity index (χ4v) is 4.36. The van der Waals surface area contributed by atoms with Gasteiger partial charge in [0.1, 0.15) is 6.54 Å². The van der Waals surface area contributed by atoms with Crippen LogP contribution in [0.25, 0.3) is 11.5 Å². The van der Waals surface area contributed by atoms with Gasteiger partial charge in [-0.15, -0.1) is 10.2 Å². The van der Waals surface area contributed by atoms with E-state index in [-0.39, 0.29) is 11.4 Å². The van der Waals surface area contributed by atoms with Crippen LogP contribution in [-0.2, 0) is 21.4 Å². The van der Waals surface area contributed by atoms with Gasteiger partial charge < -0.3 is 14.3 Å². The molecule has 0 atom stereocenters. The van der Waals surface area contributed by atoms with E-state index in [9.17, 15) is 18.0 Å². The van der Waals surface area contributed by atoms with Gasteiger partial charge in [-0.05, 0) is 24.3 Å². The summed E-state index contributed by atoms with van der Waals surface area (Å²) >= 11 is 0. The first kappa shape index (κ1) is 21.4. The summed E-state index contributed by atoms with van der Waals surface area (Å²) in [6.07, 6.45) is 2.39. The van der Waals surface area contributed by atoms with Crippen LogP contribution in [-0.4, -0.2) is 46.5 Å². The van der Waals surface area contributed by atoms with Crippen molar-refractivity contribution in [2.24, 2.45) is 0 Å². The predicted octanol–water partition coefficient (Wildman–Crippen LogP) is 1.57. The summed E-state index contributed by atoms with van der Waals surface area (Å²) in [6.45, 7) is 3.72. The fraction of sp³-hybridized carbons (Fsp3) is 0.263. The standard InChI is InChI=1S/C19H21N5O5S/c1-3-24(4-2)30(27,28)16-8-9-18(26)23(11-16)12-17(25)21-15-7-5-6-14(10-15)19-22-20-13-29-19/h5-11,13H,3-4,12H2,1-2H3,(H,21,25). The average molecular weight is 431 g/mol. The molecule has 2 heterocycles. The van der Waals surface area contributed by atoms with Crippen LogP contribution in [0, 0.1) is 0 Å². The number of carbonyl (C=O) groups is 1. The second-order valence-corrected chi connectivity index (χ2v) is 8.23. The average Bonchev–Trinajstić information content (AvgIpc) is 3.25. The highest BCUT2D eigenvalue weighted by Crippen LogP contribution is 2.20. The number of sulfonamides is 1. The second kappa shape index (κ2) is 9.01. The molecule has 3 aromatic rings. The molecule has 3 rings (SSSR count). The summed E-state index contributed by atoms with van der Waals surface area (Å²) in [6, 6.07) is 9.16. The van der Waals surface area contributed by atoms with Crippen molar-refractivity contribution < 1.29 is 17.6 Å². The number of benzene rings is 1. The molecule has 0 unspecified atom stereocenters. The van der Waals surface area contributed by atoms with Crippen LogP contribution in [0.2, 0.25) is 0 Å². The van der Waals surface area contributed by atoms with Crippen molar-refractivity contribution in [3.05, 3.63) is 59.3 Å². The molecule has 0 spiro atoms. The molecule has 30 heavy (non-hydrogen) atoms. The van der Waals surface area contributed by atoms with Gasteiger partial charge >= 0.3 is 0 Å². The number of nitrogens with zero attached hydrogens (tertiary/aromatic N) is 4. The fourth-order valence-electron chi connectivity index (χ4n) is 2.88. The van der Waals surface area contributed by atoms with Crippen LogP contribution < -0.4 is 10.9 Å². The molecular weight excluding hydrogens is 410 g/mol. The molecule has 10 nitrogen and oxygen atoms in total. The van der Waals surface area contributed by atoms with Crippen LogP contribution in [0.1, 0.15) is 13.8 Å². The predicted molar refractivity (Wildman–Crippen MR) is 109 cm³/mol. The van der Waals surface area contributed by atoms with Gasteiger partial charge in [0.2, 0.25) is 28.2 Å². The number of nitrogens with one attached hydrogen (secondary N) is 1. The Morgan fingerprint density at radius 3 is 2.63 bits per heavy atom. The number of rotatable bonds is 8. The van der Waals surface area contributed by atoms with E-state index in [1.165, 1.54) is 23.0 Å². The van der Waals surface area contributed by atoms with Crippen molar-refractivity contribution in [2.45, 2.75) is 25.3 Å². The number of anilines is 1. The molecule has 1 aromatic carbocycles. The normalized spacial score (nSPS) is 11.6. The van der Waals surface area contributed by atoms with E-state index in [0.29, 0.717) is 30.2 Å². The van der Waals surface area contributed by atoms with Crippen LogP contribution in [0.5, 0.6) is 0 Å². The first-order valence-corrected chi connectivity index (χ1v) is 10.7. The minimum atomic E-state index is -3.75. The van der Waals surface area contributed by atoms with Gasteiger partial charge in [0.25, 0.3) is 5.56 Å². The van der Waals surface area contributed by atoms with Crippen LogP contribution in [0.3, 0.4) is 0 Å².